The molecule has 0 aromatic carbocycles. The van der Waals surface area contributed by atoms with E-state index in [-0.39, 0.29) is 4.90 Å². The van der Waals surface area contributed by atoms with Gasteiger partial charge < -0.3 is 5.43 Å². The zero-order chi connectivity index (χ0) is 14.6. The summed E-state index contributed by atoms with van der Waals surface area (Å²) < 4.78 is 26.4. The van der Waals surface area contributed by atoms with E-state index < -0.39 is 10.0 Å². The number of anilines is 2. The number of rotatable bonds is 5. The zero-order valence-electron chi connectivity index (χ0n) is 10.9. The van der Waals surface area contributed by atoms with Gasteiger partial charge in [-0.3, -0.25) is 9.29 Å². The van der Waals surface area contributed by atoms with E-state index in [1.165, 1.54) is 22.6 Å². The summed E-state index contributed by atoms with van der Waals surface area (Å²) in [6, 6.07) is 6.25. The Morgan fingerprint density at radius 1 is 1.25 bits per heavy atom. The monoisotopic (exact) mass is 293 g/mol. The van der Waals surface area contributed by atoms with Crippen molar-refractivity contribution in [2.24, 2.45) is 5.84 Å². The number of pyridine rings is 2. The van der Waals surface area contributed by atoms with Gasteiger partial charge in [-0.05, 0) is 31.2 Å². The van der Waals surface area contributed by atoms with Crippen molar-refractivity contribution in [3.05, 3.63) is 42.9 Å². The molecule has 0 spiro atoms. The lowest BCUT2D eigenvalue weighted by atomic mass is 10.4. The summed E-state index contributed by atoms with van der Waals surface area (Å²) in [6.45, 7) is 2.07. The smallest absolute Gasteiger partial charge is 0.265 e. The summed E-state index contributed by atoms with van der Waals surface area (Å²) in [4.78, 5) is 7.91. The Morgan fingerprint density at radius 3 is 2.45 bits per heavy atom. The van der Waals surface area contributed by atoms with Gasteiger partial charge in [-0.1, -0.05) is 0 Å². The first-order valence-electron chi connectivity index (χ1n) is 5.95. The maximum absolute atomic E-state index is 12.6. The van der Waals surface area contributed by atoms with E-state index in [1.807, 2.05) is 0 Å². The highest BCUT2D eigenvalue weighted by molar-refractivity contribution is 7.92. The first-order chi connectivity index (χ1) is 9.59. The Kier molecular flexibility index (Phi) is 4.16. The number of hydrogen-bond acceptors (Lipinski definition) is 6. The van der Waals surface area contributed by atoms with Crippen LogP contribution in [0.2, 0.25) is 0 Å². The second-order valence-corrected chi connectivity index (χ2v) is 5.76. The van der Waals surface area contributed by atoms with Crippen LogP contribution in [0, 0.1) is 0 Å². The molecule has 8 heteroatoms. The number of nitrogens with zero attached hydrogens (tertiary/aromatic N) is 3. The fourth-order valence-electron chi connectivity index (χ4n) is 1.75. The molecule has 3 N–H and O–H groups in total. The van der Waals surface area contributed by atoms with Crippen molar-refractivity contribution in [1.82, 2.24) is 9.97 Å². The number of nitrogens with two attached hydrogens (primary N) is 1. The molecule has 2 aromatic rings. The standard InChI is InChI=1S/C12H15N5O2S/c1-2-17(10-5-7-14-8-6-10)20(18,19)11-3-4-12(16-13)15-9-11/h3-9H,2,13H2,1H3,(H,15,16). The van der Waals surface area contributed by atoms with Crippen LogP contribution in [0.3, 0.4) is 0 Å². The molecule has 0 saturated carbocycles. The van der Waals surface area contributed by atoms with Crippen LogP contribution in [-0.2, 0) is 10.0 Å². The minimum absolute atomic E-state index is 0.107. The van der Waals surface area contributed by atoms with Gasteiger partial charge in [0.1, 0.15) is 10.7 Å². The van der Waals surface area contributed by atoms with Crippen molar-refractivity contribution in [3.8, 4) is 0 Å². The van der Waals surface area contributed by atoms with Crippen molar-refractivity contribution < 1.29 is 8.42 Å². The van der Waals surface area contributed by atoms with E-state index in [9.17, 15) is 8.42 Å². The highest BCUT2D eigenvalue weighted by Gasteiger charge is 2.23. The molecular weight excluding hydrogens is 278 g/mol. The minimum Gasteiger partial charge on any atom is -0.308 e. The molecule has 0 fully saturated rings. The highest BCUT2D eigenvalue weighted by atomic mass is 32.2. The predicted molar refractivity (Wildman–Crippen MR) is 76.5 cm³/mol. The van der Waals surface area contributed by atoms with Gasteiger partial charge in [-0.2, -0.15) is 0 Å². The van der Waals surface area contributed by atoms with Gasteiger partial charge in [-0.25, -0.2) is 19.2 Å². The summed E-state index contributed by atoms with van der Waals surface area (Å²) in [7, 11) is -3.65. The van der Waals surface area contributed by atoms with Crippen molar-refractivity contribution >= 4 is 21.5 Å². The van der Waals surface area contributed by atoms with Gasteiger partial charge >= 0.3 is 0 Å². The van der Waals surface area contributed by atoms with Crippen LogP contribution in [0.5, 0.6) is 0 Å². The lowest BCUT2D eigenvalue weighted by molar-refractivity contribution is 0.591. The van der Waals surface area contributed by atoms with E-state index >= 15 is 0 Å². The van der Waals surface area contributed by atoms with E-state index in [0.29, 0.717) is 18.1 Å². The Morgan fingerprint density at radius 2 is 1.95 bits per heavy atom. The molecule has 2 rings (SSSR count). The van der Waals surface area contributed by atoms with E-state index in [0.717, 1.165) is 0 Å². The molecule has 0 atom stereocenters. The van der Waals surface area contributed by atoms with Crippen molar-refractivity contribution in [2.45, 2.75) is 11.8 Å². The number of sulfonamides is 1. The van der Waals surface area contributed by atoms with Gasteiger partial charge in [0.15, 0.2) is 0 Å². The van der Waals surface area contributed by atoms with Crippen molar-refractivity contribution in [3.63, 3.8) is 0 Å². The maximum Gasteiger partial charge on any atom is 0.265 e. The third-order valence-electron chi connectivity index (χ3n) is 2.71. The first kappa shape index (κ1) is 14.2. The molecule has 2 aromatic heterocycles. The molecule has 106 valence electrons. The average Bonchev–Trinajstić information content (AvgIpc) is 2.49. The number of hydrazine groups is 1. The second kappa shape index (κ2) is 5.85. The van der Waals surface area contributed by atoms with Crippen LogP contribution in [0.4, 0.5) is 11.5 Å². The second-order valence-electron chi connectivity index (χ2n) is 3.90. The van der Waals surface area contributed by atoms with Crippen LogP contribution < -0.4 is 15.6 Å². The fourth-order valence-corrected chi connectivity index (χ4v) is 3.17. The third kappa shape index (κ3) is 2.70. The SMILES string of the molecule is CCN(c1ccncc1)S(=O)(=O)c1ccc(NN)nc1. The summed E-state index contributed by atoms with van der Waals surface area (Å²) in [5.74, 6) is 5.61. The minimum atomic E-state index is -3.65. The summed E-state index contributed by atoms with van der Waals surface area (Å²) >= 11 is 0. The van der Waals surface area contributed by atoms with Gasteiger partial charge in [-0.15, -0.1) is 0 Å². The zero-order valence-corrected chi connectivity index (χ0v) is 11.7. The lowest BCUT2D eigenvalue weighted by Gasteiger charge is -2.22. The topological polar surface area (TPSA) is 101 Å². The summed E-state index contributed by atoms with van der Waals surface area (Å²) in [5.41, 5.74) is 2.91. The Bertz CT molecular complexity index is 658. The number of nitrogen functional groups attached to an aromatic ring is 1. The van der Waals surface area contributed by atoms with Gasteiger partial charge in [0.25, 0.3) is 10.0 Å². The molecular formula is C12H15N5O2S. The maximum atomic E-state index is 12.6. The van der Waals surface area contributed by atoms with Gasteiger partial charge in [0, 0.05) is 25.1 Å². The fraction of sp³-hybridized carbons (Fsp3) is 0.167. The molecule has 2 heterocycles. The average molecular weight is 293 g/mol. The highest BCUT2D eigenvalue weighted by Crippen LogP contribution is 2.22. The van der Waals surface area contributed by atoms with Gasteiger partial charge in [0.2, 0.25) is 0 Å². The molecule has 0 aliphatic rings. The molecule has 0 radical (unpaired) electrons. The third-order valence-corrected chi connectivity index (χ3v) is 4.60. The van der Waals surface area contributed by atoms with Crippen molar-refractivity contribution in [2.75, 3.05) is 16.3 Å². The number of nitrogens with one attached hydrogen (secondary N) is 1. The molecule has 0 unspecified atom stereocenters. The molecule has 20 heavy (non-hydrogen) atoms. The number of hydrogen-bond donors (Lipinski definition) is 2. The predicted octanol–water partition coefficient (Wildman–Crippen LogP) is 0.977. The molecule has 0 bridgehead atoms. The van der Waals surface area contributed by atoms with E-state index in [2.05, 4.69) is 15.4 Å². The van der Waals surface area contributed by atoms with Crippen LogP contribution in [0.25, 0.3) is 0 Å². The number of aromatic nitrogens is 2. The van der Waals surface area contributed by atoms with Crippen LogP contribution in [0.1, 0.15) is 6.92 Å². The van der Waals surface area contributed by atoms with Crippen LogP contribution in [-0.4, -0.2) is 24.9 Å². The Labute approximate surface area is 117 Å². The van der Waals surface area contributed by atoms with E-state index in [4.69, 9.17) is 5.84 Å². The van der Waals surface area contributed by atoms with Gasteiger partial charge in [0.05, 0.1) is 5.69 Å². The molecule has 0 aliphatic heterocycles. The quantitative estimate of drug-likeness (QED) is 0.629. The first-order valence-corrected chi connectivity index (χ1v) is 7.39. The Balaban J connectivity index is 2.41. The molecule has 0 aliphatic carbocycles. The Hall–Kier alpha value is -2.19. The molecule has 0 saturated heterocycles. The largest absolute Gasteiger partial charge is 0.308 e. The molecule has 0 amide bonds. The normalized spacial score (nSPS) is 11.1. The van der Waals surface area contributed by atoms with Crippen molar-refractivity contribution in [1.29, 1.82) is 0 Å². The summed E-state index contributed by atoms with van der Waals surface area (Å²) in [5, 5.41) is 0. The van der Waals surface area contributed by atoms with Crippen LogP contribution in [0.15, 0.2) is 47.8 Å². The summed E-state index contributed by atoms with van der Waals surface area (Å²) in [6.07, 6.45) is 4.37. The van der Waals surface area contributed by atoms with Crippen LogP contribution >= 0.6 is 0 Å². The molecule has 7 nitrogen and oxygen atoms in total. The lowest BCUT2D eigenvalue weighted by Crippen LogP contribution is -2.30. The van der Waals surface area contributed by atoms with E-state index in [1.54, 1.807) is 31.5 Å².